The van der Waals surface area contributed by atoms with E-state index in [1.165, 1.54) is 25.1 Å². The number of ether oxygens (including phenoxy) is 2. The molecule has 0 fully saturated rings. The summed E-state index contributed by atoms with van der Waals surface area (Å²) >= 11 is 0. The van der Waals surface area contributed by atoms with E-state index in [9.17, 15) is 14.0 Å². The number of hydrazine groups is 1. The molecule has 0 radical (unpaired) electrons. The Morgan fingerprint density at radius 2 is 1.73 bits per heavy atom. The minimum Gasteiger partial charge on any atom is -0.483 e. The molecule has 6 nitrogen and oxygen atoms in total. The summed E-state index contributed by atoms with van der Waals surface area (Å²) < 4.78 is 24.2. The summed E-state index contributed by atoms with van der Waals surface area (Å²) in [7, 11) is 0. The van der Waals surface area contributed by atoms with Gasteiger partial charge in [-0.05, 0) is 50.1 Å². The summed E-state index contributed by atoms with van der Waals surface area (Å²) in [6.45, 7) is 5.03. The Bertz CT molecular complexity index is 795. The minimum atomic E-state index is -0.993. The van der Waals surface area contributed by atoms with Gasteiger partial charge in [-0.15, -0.1) is 0 Å². The summed E-state index contributed by atoms with van der Waals surface area (Å²) in [6.07, 6.45) is -0.993. The van der Waals surface area contributed by atoms with E-state index in [0.29, 0.717) is 5.75 Å². The highest BCUT2D eigenvalue weighted by Crippen LogP contribution is 2.20. The van der Waals surface area contributed by atoms with E-state index in [1.807, 2.05) is 26.0 Å². The van der Waals surface area contributed by atoms with Crippen molar-refractivity contribution < 1.29 is 23.5 Å². The first kappa shape index (κ1) is 19.2. The van der Waals surface area contributed by atoms with Crippen LogP contribution in [0.15, 0.2) is 42.5 Å². The van der Waals surface area contributed by atoms with Gasteiger partial charge in [0, 0.05) is 0 Å². The molecule has 0 aliphatic carbocycles. The van der Waals surface area contributed by atoms with Crippen LogP contribution in [-0.2, 0) is 9.59 Å². The maximum atomic E-state index is 13.5. The molecule has 138 valence electrons. The lowest BCUT2D eigenvalue weighted by atomic mass is 10.1. The van der Waals surface area contributed by atoms with Crippen molar-refractivity contribution in [3.8, 4) is 11.5 Å². The van der Waals surface area contributed by atoms with Crippen molar-refractivity contribution >= 4 is 11.8 Å². The molecule has 0 saturated heterocycles. The van der Waals surface area contributed by atoms with Crippen molar-refractivity contribution in [2.45, 2.75) is 26.9 Å². The fourth-order valence-corrected chi connectivity index (χ4v) is 2.08. The fourth-order valence-electron chi connectivity index (χ4n) is 2.08. The van der Waals surface area contributed by atoms with Crippen molar-refractivity contribution in [1.29, 1.82) is 0 Å². The van der Waals surface area contributed by atoms with Gasteiger partial charge in [-0.25, -0.2) is 4.39 Å². The molecule has 0 aliphatic rings. The quantitative estimate of drug-likeness (QED) is 0.776. The molecule has 2 aromatic rings. The third-order valence-corrected chi connectivity index (χ3v) is 3.75. The fraction of sp³-hybridized carbons (Fsp3) is 0.263. The second-order valence-corrected chi connectivity index (χ2v) is 5.71. The van der Waals surface area contributed by atoms with Gasteiger partial charge in [0.15, 0.2) is 24.3 Å². The smallest absolute Gasteiger partial charge is 0.279 e. The lowest BCUT2D eigenvalue weighted by molar-refractivity contribution is -0.133. The van der Waals surface area contributed by atoms with Gasteiger partial charge < -0.3 is 9.47 Å². The molecule has 0 heterocycles. The summed E-state index contributed by atoms with van der Waals surface area (Å²) in [5, 5.41) is 0. The summed E-state index contributed by atoms with van der Waals surface area (Å²) in [4.78, 5) is 23.7. The van der Waals surface area contributed by atoms with Gasteiger partial charge in [-0.2, -0.15) is 0 Å². The zero-order chi connectivity index (χ0) is 19.1. The predicted octanol–water partition coefficient (Wildman–Crippen LogP) is 2.44. The van der Waals surface area contributed by atoms with Gasteiger partial charge >= 0.3 is 0 Å². The number of aryl methyl sites for hydroxylation is 1. The van der Waals surface area contributed by atoms with E-state index in [0.717, 1.165) is 11.1 Å². The van der Waals surface area contributed by atoms with Gasteiger partial charge in [0.2, 0.25) is 0 Å². The molecule has 0 bridgehead atoms. The Kier molecular flexibility index (Phi) is 6.54. The third-order valence-electron chi connectivity index (χ3n) is 3.75. The first-order chi connectivity index (χ1) is 12.4. The lowest BCUT2D eigenvalue weighted by Gasteiger charge is -2.16. The molecule has 0 saturated carbocycles. The summed E-state index contributed by atoms with van der Waals surface area (Å²) in [6, 6.07) is 11.3. The van der Waals surface area contributed by atoms with E-state index in [1.54, 1.807) is 12.1 Å². The molecule has 26 heavy (non-hydrogen) atoms. The van der Waals surface area contributed by atoms with Crippen molar-refractivity contribution in [1.82, 2.24) is 10.9 Å². The van der Waals surface area contributed by atoms with Crippen LogP contribution >= 0.6 is 0 Å². The normalized spacial score (nSPS) is 11.4. The van der Waals surface area contributed by atoms with Crippen LogP contribution in [0.2, 0.25) is 0 Å². The largest absolute Gasteiger partial charge is 0.483 e. The molecule has 0 spiro atoms. The molecule has 7 heteroatoms. The Morgan fingerprint density at radius 3 is 2.46 bits per heavy atom. The van der Waals surface area contributed by atoms with E-state index >= 15 is 0 Å². The number of carbonyl (C=O) groups is 2. The number of para-hydroxylation sites is 1. The highest BCUT2D eigenvalue weighted by Gasteiger charge is 2.17. The Hall–Kier alpha value is -3.09. The standard InChI is InChI=1S/C19H21FN2O4/c1-12-7-6-10-16(13(12)2)25-11-18(23)21-22-19(24)14(3)26-17-9-5-4-8-15(17)20/h4-10,14H,11H2,1-3H3,(H,21,23)(H,22,24)/t14-/m0/s1. The van der Waals surface area contributed by atoms with Crippen molar-refractivity contribution in [3.05, 3.63) is 59.4 Å². The number of hydrogen-bond donors (Lipinski definition) is 2. The second-order valence-electron chi connectivity index (χ2n) is 5.71. The zero-order valence-corrected chi connectivity index (χ0v) is 14.8. The SMILES string of the molecule is Cc1cccc(OCC(=O)NNC(=O)[C@H](C)Oc2ccccc2F)c1C. The topological polar surface area (TPSA) is 76.7 Å². The first-order valence-corrected chi connectivity index (χ1v) is 8.07. The number of hydrogen-bond acceptors (Lipinski definition) is 4. The molecular weight excluding hydrogens is 339 g/mol. The maximum absolute atomic E-state index is 13.5. The summed E-state index contributed by atoms with van der Waals surface area (Å²) in [5.74, 6) is -1.16. The van der Waals surface area contributed by atoms with Gasteiger partial charge in [0.1, 0.15) is 5.75 Å². The molecule has 2 rings (SSSR count). The van der Waals surface area contributed by atoms with Crippen LogP contribution in [0.3, 0.4) is 0 Å². The molecule has 1 atom stereocenters. The van der Waals surface area contributed by atoms with Crippen LogP contribution in [0, 0.1) is 19.7 Å². The monoisotopic (exact) mass is 360 g/mol. The van der Waals surface area contributed by atoms with Crippen LogP contribution in [0.1, 0.15) is 18.1 Å². The van der Waals surface area contributed by atoms with Crippen LogP contribution in [0.25, 0.3) is 0 Å². The predicted molar refractivity (Wildman–Crippen MR) is 94.2 cm³/mol. The average molecular weight is 360 g/mol. The number of carbonyl (C=O) groups excluding carboxylic acids is 2. The van der Waals surface area contributed by atoms with E-state index in [4.69, 9.17) is 9.47 Å². The molecule has 0 aliphatic heterocycles. The lowest BCUT2D eigenvalue weighted by Crippen LogP contribution is -2.48. The highest BCUT2D eigenvalue weighted by molar-refractivity contribution is 5.85. The summed E-state index contributed by atoms with van der Waals surface area (Å²) in [5.41, 5.74) is 6.44. The van der Waals surface area contributed by atoms with E-state index in [-0.39, 0.29) is 12.4 Å². The second kappa shape index (κ2) is 8.84. The molecule has 2 aromatic carbocycles. The maximum Gasteiger partial charge on any atom is 0.279 e. The van der Waals surface area contributed by atoms with Gasteiger partial charge in [0.25, 0.3) is 11.8 Å². The number of amides is 2. The molecule has 2 N–H and O–H groups in total. The van der Waals surface area contributed by atoms with Gasteiger partial charge in [0.05, 0.1) is 0 Å². The zero-order valence-electron chi connectivity index (χ0n) is 14.8. The van der Waals surface area contributed by atoms with Crippen LogP contribution < -0.4 is 20.3 Å². The van der Waals surface area contributed by atoms with Crippen molar-refractivity contribution in [3.63, 3.8) is 0 Å². The van der Waals surface area contributed by atoms with Gasteiger partial charge in [-0.1, -0.05) is 24.3 Å². The number of rotatable bonds is 6. The number of halogens is 1. The minimum absolute atomic E-state index is 0.0419. The highest BCUT2D eigenvalue weighted by atomic mass is 19.1. The average Bonchev–Trinajstić information content (AvgIpc) is 2.62. The van der Waals surface area contributed by atoms with Crippen molar-refractivity contribution in [2.75, 3.05) is 6.61 Å². The Balaban J connectivity index is 1.78. The van der Waals surface area contributed by atoms with E-state index in [2.05, 4.69) is 10.9 Å². The molecule has 0 unspecified atom stereocenters. The first-order valence-electron chi connectivity index (χ1n) is 8.07. The molecule has 0 aromatic heterocycles. The van der Waals surface area contributed by atoms with Gasteiger partial charge in [-0.3, -0.25) is 20.4 Å². The third kappa shape index (κ3) is 5.20. The van der Waals surface area contributed by atoms with Crippen LogP contribution in [0.5, 0.6) is 11.5 Å². The van der Waals surface area contributed by atoms with Crippen molar-refractivity contribution in [2.24, 2.45) is 0 Å². The van der Waals surface area contributed by atoms with Crippen LogP contribution in [-0.4, -0.2) is 24.5 Å². The number of nitrogens with one attached hydrogen (secondary N) is 2. The van der Waals surface area contributed by atoms with Crippen LogP contribution in [0.4, 0.5) is 4.39 Å². The Labute approximate surface area is 151 Å². The number of benzene rings is 2. The Morgan fingerprint density at radius 1 is 1.04 bits per heavy atom. The van der Waals surface area contributed by atoms with E-state index < -0.39 is 23.7 Å². The molecule has 2 amide bonds. The molecular formula is C19H21FN2O4.